The summed E-state index contributed by atoms with van der Waals surface area (Å²) in [7, 11) is 0. The summed E-state index contributed by atoms with van der Waals surface area (Å²) >= 11 is 0. The molecule has 0 N–H and O–H groups in total. The highest BCUT2D eigenvalue weighted by atomic mass is 16.2. The Morgan fingerprint density at radius 3 is 1.50 bits per heavy atom. The highest BCUT2D eigenvalue weighted by Crippen LogP contribution is 2.36. The Labute approximate surface area is 175 Å². The molecule has 0 saturated carbocycles. The molecule has 148 valence electrons. The first kappa shape index (κ1) is 19.3. The van der Waals surface area contributed by atoms with Crippen molar-refractivity contribution in [3.63, 3.8) is 0 Å². The SMILES string of the molecule is CC(=O)N1C(c2ccccc2)=NC(c2ccccc2)=C(c2ccccc2)N1C(C)=O. The molecule has 4 rings (SSSR count). The molecule has 0 saturated heterocycles. The van der Waals surface area contributed by atoms with Crippen LogP contribution in [0.2, 0.25) is 0 Å². The first-order chi connectivity index (χ1) is 14.6. The fourth-order valence-corrected chi connectivity index (χ4v) is 3.52. The summed E-state index contributed by atoms with van der Waals surface area (Å²) in [5.41, 5.74) is 3.62. The predicted octanol–water partition coefficient (Wildman–Crippen LogP) is 4.58. The second kappa shape index (κ2) is 8.17. The van der Waals surface area contributed by atoms with E-state index in [9.17, 15) is 9.59 Å². The number of hydrogen-bond donors (Lipinski definition) is 0. The van der Waals surface area contributed by atoms with Gasteiger partial charge in [-0.3, -0.25) is 9.59 Å². The van der Waals surface area contributed by atoms with Crippen molar-refractivity contribution < 1.29 is 9.59 Å². The topological polar surface area (TPSA) is 53.0 Å². The Morgan fingerprint density at radius 1 is 0.600 bits per heavy atom. The third kappa shape index (κ3) is 3.53. The first-order valence-corrected chi connectivity index (χ1v) is 9.68. The third-order valence-electron chi connectivity index (χ3n) is 4.78. The fraction of sp³-hybridized carbons (Fsp3) is 0.0800. The van der Waals surface area contributed by atoms with Gasteiger partial charge in [-0.05, 0) is 0 Å². The normalized spacial score (nSPS) is 13.9. The molecular weight excluding hydrogens is 374 g/mol. The van der Waals surface area contributed by atoms with Crippen molar-refractivity contribution in [2.45, 2.75) is 13.8 Å². The van der Waals surface area contributed by atoms with E-state index in [0.29, 0.717) is 17.2 Å². The van der Waals surface area contributed by atoms with Crippen molar-refractivity contribution in [3.8, 4) is 0 Å². The zero-order valence-electron chi connectivity index (χ0n) is 16.8. The Kier molecular flexibility index (Phi) is 5.26. The molecular formula is C25H21N3O2. The van der Waals surface area contributed by atoms with Crippen molar-refractivity contribution in [2.24, 2.45) is 4.99 Å². The molecule has 1 heterocycles. The van der Waals surface area contributed by atoms with Gasteiger partial charge in [-0.2, -0.15) is 5.01 Å². The van der Waals surface area contributed by atoms with Gasteiger partial charge in [0.1, 0.15) is 5.70 Å². The van der Waals surface area contributed by atoms with Gasteiger partial charge in [0.2, 0.25) is 11.8 Å². The monoisotopic (exact) mass is 395 g/mol. The molecule has 3 aromatic rings. The van der Waals surface area contributed by atoms with E-state index in [0.717, 1.165) is 16.7 Å². The quantitative estimate of drug-likeness (QED) is 0.652. The van der Waals surface area contributed by atoms with Gasteiger partial charge in [0, 0.05) is 30.5 Å². The van der Waals surface area contributed by atoms with E-state index in [1.165, 1.54) is 23.9 Å². The maximum Gasteiger partial charge on any atom is 0.244 e. The minimum absolute atomic E-state index is 0.277. The molecule has 0 unspecified atom stereocenters. The van der Waals surface area contributed by atoms with Gasteiger partial charge in [0.05, 0.1) is 5.70 Å². The number of aliphatic imine (C=N–C) groups is 1. The van der Waals surface area contributed by atoms with Crippen LogP contribution in [0.4, 0.5) is 0 Å². The standard InChI is InChI=1S/C25H21N3O2/c1-18(29)27-24(21-14-8-4-9-15-21)23(20-12-6-3-7-13-20)26-25(28(27)19(2)30)22-16-10-5-11-17-22/h3-17H,1-2H3. The summed E-state index contributed by atoms with van der Waals surface area (Å²) in [6.07, 6.45) is 0. The molecule has 2 amide bonds. The zero-order valence-corrected chi connectivity index (χ0v) is 16.8. The first-order valence-electron chi connectivity index (χ1n) is 9.68. The minimum Gasteiger partial charge on any atom is -0.273 e. The molecule has 0 radical (unpaired) electrons. The average Bonchev–Trinajstić information content (AvgIpc) is 2.79. The average molecular weight is 395 g/mol. The number of hydrogen-bond acceptors (Lipinski definition) is 3. The van der Waals surface area contributed by atoms with E-state index in [2.05, 4.69) is 0 Å². The van der Waals surface area contributed by atoms with Gasteiger partial charge < -0.3 is 0 Å². The van der Waals surface area contributed by atoms with Crippen LogP contribution in [0.15, 0.2) is 96.0 Å². The number of nitrogens with zero attached hydrogens (tertiary/aromatic N) is 3. The van der Waals surface area contributed by atoms with Gasteiger partial charge >= 0.3 is 0 Å². The molecule has 30 heavy (non-hydrogen) atoms. The molecule has 5 heteroatoms. The van der Waals surface area contributed by atoms with E-state index in [4.69, 9.17) is 4.99 Å². The number of amides is 2. The van der Waals surface area contributed by atoms with Crippen LogP contribution in [0.3, 0.4) is 0 Å². The second-order valence-corrected chi connectivity index (χ2v) is 6.89. The molecule has 0 aliphatic carbocycles. The molecule has 5 nitrogen and oxygen atoms in total. The summed E-state index contributed by atoms with van der Waals surface area (Å²) in [6.45, 7) is 2.89. The highest BCUT2D eigenvalue weighted by Gasteiger charge is 2.36. The van der Waals surface area contributed by atoms with Crippen molar-refractivity contribution in [1.29, 1.82) is 0 Å². The van der Waals surface area contributed by atoms with Crippen LogP contribution in [0.25, 0.3) is 11.4 Å². The number of carbonyl (C=O) groups excluding carboxylic acids is 2. The van der Waals surface area contributed by atoms with E-state index in [-0.39, 0.29) is 11.8 Å². The fourth-order valence-electron chi connectivity index (χ4n) is 3.52. The van der Waals surface area contributed by atoms with Crippen LogP contribution in [-0.2, 0) is 9.59 Å². The molecule has 0 aromatic heterocycles. The maximum atomic E-state index is 12.9. The summed E-state index contributed by atoms with van der Waals surface area (Å²) in [6, 6.07) is 28.6. The maximum absolute atomic E-state index is 12.9. The Hall–Kier alpha value is -3.99. The molecule has 1 aliphatic heterocycles. The van der Waals surface area contributed by atoms with Crippen LogP contribution in [-0.4, -0.2) is 27.7 Å². The van der Waals surface area contributed by atoms with Crippen LogP contribution in [0, 0.1) is 0 Å². The number of hydrazine groups is 1. The molecule has 3 aromatic carbocycles. The van der Waals surface area contributed by atoms with Gasteiger partial charge in [-0.1, -0.05) is 91.0 Å². The van der Waals surface area contributed by atoms with Crippen LogP contribution in [0.5, 0.6) is 0 Å². The molecule has 0 fully saturated rings. The van der Waals surface area contributed by atoms with Crippen molar-refractivity contribution >= 4 is 29.0 Å². The zero-order chi connectivity index (χ0) is 21.1. The van der Waals surface area contributed by atoms with Crippen molar-refractivity contribution in [3.05, 3.63) is 108 Å². The Bertz CT molecular complexity index is 1140. The Morgan fingerprint density at radius 2 is 1.03 bits per heavy atom. The van der Waals surface area contributed by atoms with Crippen LogP contribution >= 0.6 is 0 Å². The van der Waals surface area contributed by atoms with E-state index in [1.54, 1.807) is 0 Å². The van der Waals surface area contributed by atoms with Crippen molar-refractivity contribution in [1.82, 2.24) is 10.0 Å². The van der Waals surface area contributed by atoms with Crippen molar-refractivity contribution in [2.75, 3.05) is 0 Å². The predicted molar refractivity (Wildman–Crippen MR) is 118 cm³/mol. The van der Waals surface area contributed by atoms with Crippen LogP contribution in [0.1, 0.15) is 30.5 Å². The summed E-state index contributed by atoms with van der Waals surface area (Å²) in [4.78, 5) is 30.6. The molecule has 0 spiro atoms. The molecule has 0 bridgehead atoms. The lowest BCUT2D eigenvalue weighted by atomic mass is 10.0. The number of rotatable bonds is 3. The van der Waals surface area contributed by atoms with E-state index in [1.807, 2.05) is 91.0 Å². The lowest BCUT2D eigenvalue weighted by Gasteiger charge is -2.39. The molecule has 1 aliphatic rings. The number of benzene rings is 3. The van der Waals surface area contributed by atoms with E-state index < -0.39 is 0 Å². The van der Waals surface area contributed by atoms with E-state index >= 15 is 0 Å². The lowest BCUT2D eigenvalue weighted by Crippen LogP contribution is -2.52. The smallest absolute Gasteiger partial charge is 0.244 e. The van der Waals surface area contributed by atoms with Gasteiger partial charge in [0.25, 0.3) is 0 Å². The van der Waals surface area contributed by atoms with Crippen LogP contribution < -0.4 is 0 Å². The largest absolute Gasteiger partial charge is 0.273 e. The van der Waals surface area contributed by atoms with Gasteiger partial charge in [-0.25, -0.2) is 10.0 Å². The third-order valence-corrected chi connectivity index (χ3v) is 4.78. The van der Waals surface area contributed by atoms with Gasteiger partial charge in [0.15, 0.2) is 5.84 Å². The summed E-state index contributed by atoms with van der Waals surface area (Å²) in [5, 5.41) is 2.78. The summed E-state index contributed by atoms with van der Waals surface area (Å²) in [5.74, 6) is -0.161. The number of amidine groups is 1. The highest BCUT2D eigenvalue weighted by molar-refractivity contribution is 6.15. The summed E-state index contributed by atoms with van der Waals surface area (Å²) < 4.78 is 0. The molecule has 0 atom stereocenters. The minimum atomic E-state index is -0.298. The number of carbonyl (C=O) groups is 2. The second-order valence-electron chi connectivity index (χ2n) is 6.89. The Balaban J connectivity index is 2.08. The van der Waals surface area contributed by atoms with Gasteiger partial charge in [-0.15, -0.1) is 0 Å². The lowest BCUT2D eigenvalue weighted by molar-refractivity contribution is -0.146.